The van der Waals surface area contributed by atoms with E-state index >= 15 is 0 Å². The van der Waals surface area contributed by atoms with Gasteiger partial charge in [0.1, 0.15) is 5.54 Å². The molecule has 2 aromatic carbocycles. The van der Waals surface area contributed by atoms with Crippen LogP contribution < -0.4 is 20.8 Å². The molecule has 0 radical (unpaired) electrons. The van der Waals surface area contributed by atoms with Gasteiger partial charge in [0.05, 0.1) is 23.2 Å². The lowest BCUT2D eigenvalue weighted by atomic mass is 9.76. The lowest BCUT2D eigenvalue weighted by Crippen LogP contribution is -2.53. The third-order valence-electron chi connectivity index (χ3n) is 6.08. The summed E-state index contributed by atoms with van der Waals surface area (Å²) in [5.41, 5.74) is -0.00900. The molecule has 2 aromatic rings. The van der Waals surface area contributed by atoms with Gasteiger partial charge in [0, 0.05) is 17.3 Å². The monoisotopic (exact) mass is 393 g/mol. The fourth-order valence-corrected chi connectivity index (χ4v) is 4.93. The zero-order chi connectivity index (χ0) is 20.5. The quantitative estimate of drug-likeness (QED) is 0.519. The topological polar surface area (TPSA) is 125 Å². The van der Waals surface area contributed by atoms with Crippen molar-refractivity contribution in [2.45, 2.75) is 18.5 Å². The molecular formula is C20H17N4O5-. The molecule has 5 rings (SSSR count). The molecule has 4 unspecified atom stereocenters. The summed E-state index contributed by atoms with van der Waals surface area (Å²) in [6, 6.07) is 12.3. The molecule has 9 heteroatoms. The van der Waals surface area contributed by atoms with Crippen LogP contribution in [0.1, 0.15) is 12.5 Å². The highest BCUT2D eigenvalue weighted by Crippen LogP contribution is 2.53. The molecule has 0 saturated carbocycles. The maximum absolute atomic E-state index is 13.5. The SMILES string of the molecule is CC1NC2(C(=O)Nc3ccccc32)C2C(=O)N(c3cccc(N([O-])O)c3)C(=O)C12. The molecule has 9 nitrogen and oxygen atoms in total. The summed E-state index contributed by atoms with van der Waals surface area (Å²) in [7, 11) is 0. The van der Waals surface area contributed by atoms with E-state index in [4.69, 9.17) is 5.21 Å². The van der Waals surface area contributed by atoms with E-state index in [0.717, 1.165) is 4.90 Å². The Morgan fingerprint density at radius 2 is 1.86 bits per heavy atom. The van der Waals surface area contributed by atoms with Crippen molar-refractivity contribution in [1.29, 1.82) is 0 Å². The van der Waals surface area contributed by atoms with Crippen LogP contribution >= 0.6 is 0 Å². The number of rotatable bonds is 2. The molecule has 1 spiro atoms. The van der Waals surface area contributed by atoms with Gasteiger partial charge >= 0.3 is 0 Å². The molecule has 2 saturated heterocycles. The third kappa shape index (κ3) is 2.17. The van der Waals surface area contributed by atoms with Crippen LogP contribution in [0.25, 0.3) is 0 Å². The van der Waals surface area contributed by atoms with Gasteiger partial charge < -0.3 is 15.8 Å². The van der Waals surface area contributed by atoms with Crippen molar-refractivity contribution in [1.82, 2.24) is 5.32 Å². The summed E-state index contributed by atoms with van der Waals surface area (Å²) < 4.78 is 0. The van der Waals surface area contributed by atoms with Crippen molar-refractivity contribution in [3.05, 3.63) is 59.3 Å². The van der Waals surface area contributed by atoms with Crippen LogP contribution in [0, 0.1) is 17.0 Å². The Labute approximate surface area is 165 Å². The van der Waals surface area contributed by atoms with Gasteiger partial charge in [-0.05, 0) is 31.2 Å². The van der Waals surface area contributed by atoms with Gasteiger partial charge in [0.25, 0.3) is 0 Å². The molecule has 3 heterocycles. The Bertz CT molecular complexity index is 1070. The minimum atomic E-state index is -1.33. The van der Waals surface area contributed by atoms with Gasteiger partial charge in [0.2, 0.25) is 17.7 Å². The molecule has 3 aliphatic rings. The van der Waals surface area contributed by atoms with Gasteiger partial charge in [-0.2, -0.15) is 0 Å². The third-order valence-corrected chi connectivity index (χ3v) is 6.08. The van der Waals surface area contributed by atoms with E-state index in [1.54, 1.807) is 31.2 Å². The summed E-state index contributed by atoms with van der Waals surface area (Å²) in [5.74, 6) is -2.98. The Balaban J connectivity index is 1.64. The Hall–Kier alpha value is -3.27. The highest BCUT2D eigenvalue weighted by Gasteiger charge is 2.69. The fourth-order valence-electron chi connectivity index (χ4n) is 4.93. The van der Waals surface area contributed by atoms with Crippen LogP contribution in [-0.2, 0) is 19.9 Å². The van der Waals surface area contributed by atoms with Crippen molar-refractivity contribution in [2.75, 3.05) is 15.4 Å². The number of para-hydroxylation sites is 1. The predicted molar refractivity (Wildman–Crippen MR) is 103 cm³/mol. The molecule has 3 aliphatic heterocycles. The number of hydrogen-bond donors (Lipinski definition) is 3. The van der Waals surface area contributed by atoms with E-state index in [1.165, 1.54) is 24.3 Å². The summed E-state index contributed by atoms with van der Waals surface area (Å²) in [6.07, 6.45) is 0. The van der Waals surface area contributed by atoms with Gasteiger partial charge in [-0.3, -0.25) is 24.9 Å². The molecule has 29 heavy (non-hydrogen) atoms. The van der Waals surface area contributed by atoms with Crippen molar-refractivity contribution < 1.29 is 19.6 Å². The van der Waals surface area contributed by atoms with Crippen LogP contribution in [0.4, 0.5) is 17.1 Å². The predicted octanol–water partition coefficient (Wildman–Crippen LogP) is 1.32. The molecule has 3 amide bonds. The summed E-state index contributed by atoms with van der Waals surface area (Å²) in [5, 5.41) is 26.1. The number of benzene rings is 2. The number of nitrogens with one attached hydrogen (secondary N) is 2. The maximum Gasteiger partial charge on any atom is 0.250 e. The number of amides is 3. The van der Waals surface area contributed by atoms with E-state index in [1.807, 2.05) is 0 Å². The smallest absolute Gasteiger partial charge is 0.250 e. The molecule has 4 atom stereocenters. The first kappa shape index (κ1) is 17.8. The van der Waals surface area contributed by atoms with Gasteiger partial charge in [0.15, 0.2) is 0 Å². The first-order chi connectivity index (χ1) is 13.9. The van der Waals surface area contributed by atoms with Gasteiger partial charge in [-0.25, -0.2) is 4.90 Å². The largest absolute Gasteiger partial charge is 0.733 e. The molecule has 0 aromatic heterocycles. The van der Waals surface area contributed by atoms with E-state index in [2.05, 4.69) is 10.6 Å². The van der Waals surface area contributed by atoms with Crippen molar-refractivity contribution >= 4 is 34.8 Å². The van der Waals surface area contributed by atoms with Crippen LogP contribution in [0.5, 0.6) is 0 Å². The second-order valence-corrected chi connectivity index (χ2v) is 7.55. The summed E-state index contributed by atoms with van der Waals surface area (Å²) in [4.78, 5) is 40.8. The standard InChI is InChI=1S/C20H17N4O5/c1-10-15-16(20(22-10)13-7-2-3-8-14(13)21-19(20)27)18(26)23(17(15)25)11-5-4-6-12(9-11)24(28)29/h2-10,15-16,22,28H,1H3,(H,21,27)/q-1. The average molecular weight is 393 g/mol. The average Bonchev–Trinajstić information content (AvgIpc) is 3.26. The Morgan fingerprint density at radius 3 is 2.62 bits per heavy atom. The van der Waals surface area contributed by atoms with Gasteiger partial charge in [-0.15, -0.1) is 0 Å². The van der Waals surface area contributed by atoms with Crippen LogP contribution in [-0.4, -0.2) is 29.0 Å². The zero-order valence-corrected chi connectivity index (χ0v) is 15.3. The Morgan fingerprint density at radius 1 is 1.10 bits per heavy atom. The second kappa shape index (κ2) is 5.86. The number of carbonyl (C=O) groups excluding carboxylic acids is 3. The highest BCUT2D eigenvalue weighted by molar-refractivity contribution is 6.25. The number of fused-ring (bicyclic) bond motifs is 4. The molecule has 0 aliphatic carbocycles. The van der Waals surface area contributed by atoms with Crippen LogP contribution in [0.15, 0.2) is 48.5 Å². The van der Waals surface area contributed by atoms with E-state index < -0.39 is 35.2 Å². The van der Waals surface area contributed by atoms with Crippen molar-refractivity contribution in [3.63, 3.8) is 0 Å². The van der Waals surface area contributed by atoms with E-state index in [0.29, 0.717) is 11.3 Å². The van der Waals surface area contributed by atoms with Crippen molar-refractivity contribution in [2.24, 2.45) is 11.8 Å². The number of anilines is 3. The summed E-state index contributed by atoms with van der Waals surface area (Å²) >= 11 is 0. The first-order valence-corrected chi connectivity index (χ1v) is 9.19. The maximum atomic E-state index is 13.5. The van der Waals surface area contributed by atoms with Gasteiger partial charge in [-0.1, -0.05) is 24.3 Å². The number of nitrogens with zero attached hydrogens (tertiary/aromatic N) is 2. The number of hydrogen-bond acceptors (Lipinski definition) is 7. The fraction of sp³-hybridized carbons (Fsp3) is 0.250. The van der Waals surface area contributed by atoms with E-state index in [-0.39, 0.29) is 22.5 Å². The minimum Gasteiger partial charge on any atom is -0.733 e. The molecular weight excluding hydrogens is 376 g/mol. The zero-order valence-electron chi connectivity index (χ0n) is 15.3. The molecule has 3 N–H and O–H groups in total. The molecule has 148 valence electrons. The van der Waals surface area contributed by atoms with Crippen LogP contribution in [0.3, 0.4) is 0 Å². The molecule has 0 bridgehead atoms. The van der Waals surface area contributed by atoms with Crippen LogP contribution in [0.2, 0.25) is 0 Å². The lowest BCUT2D eigenvalue weighted by molar-refractivity contribution is -0.130. The minimum absolute atomic E-state index is 0.106. The van der Waals surface area contributed by atoms with E-state index in [9.17, 15) is 19.6 Å². The Kier molecular flexibility index (Phi) is 3.60. The molecule has 2 fully saturated rings. The lowest BCUT2D eigenvalue weighted by Gasteiger charge is -2.29. The first-order valence-electron chi connectivity index (χ1n) is 9.19. The summed E-state index contributed by atoms with van der Waals surface area (Å²) in [6.45, 7) is 1.78. The van der Waals surface area contributed by atoms with Crippen molar-refractivity contribution in [3.8, 4) is 0 Å². The highest BCUT2D eigenvalue weighted by atomic mass is 16.8. The number of imide groups is 1. The second-order valence-electron chi connectivity index (χ2n) is 7.55. The normalized spacial score (nSPS) is 30.0. The number of carbonyl (C=O) groups is 3.